The van der Waals surface area contributed by atoms with Crippen molar-refractivity contribution < 1.29 is 22.9 Å². The average Bonchev–Trinajstić information content (AvgIpc) is 2.79. The molecule has 9 heteroatoms. The van der Waals surface area contributed by atoms with Crippen LogP contribution in [0, 0.1) is 17.0 Å². The second-order valence-corrected chi connectivity index (χ2v) is 8.82. The van der Waals surface area contributed by atoms with Gasteiger partial charge in [-0.1, -0.05) is 29.8 Å². The number of sulfonamides is 1. The standard InChI is InChI=1S/C24H22N2O6S/c1-3-32-22-12-10-20(11-13-22)25(33(30,31)23-14-7-18(2)8-15-23)24(27)16-9-19-5-4-6-21(17-19)26(28)29/h4-17H,3H2,1-2H3/b16-9+. The molecule has 0 unspecified atom stereocenters. The Bertz CT molecular complexity index is 1280. The van der Waals surface area contributed by atoms with Crippen molar-refractivity contribution in [2.45, 2.75) is 18.7 Å². The van der Waals surface area contributed by atoms with Crippen LogP contribution < -0.4 is 9.04 Å². The first-order chi connectivity index (χ1) is 15.7. The van der Waals surface area contributed by atoms with Crippen molar-refractivity contribution in [2.24, 2.45) is 0 Å². The number of rotatable bonds is 8. The summed E-state index contributed by atoms with van der Waals surface area (Å²) in [6, 6.07) is 18.0. The fourth-order valence-corrected chi connectivity index (χ4v) is 4.41. The summed E-state index contributed by atoms with van der Waals surface area (Å²) in [5.41, 5.74) is 1.25. The summed E-state index contributed by atoms with van der Waals surface area (Å²) >= 11 is 0. The molecule has 0 aliphatic heterocycles. The van der Waals surface area contributed by atoms with E-state index in [0.29, 0.717) is 22.2 Å². The smallest absolute Gasteiger partial charge is 0.271 e. The summed E-state index contributed by atoms with van der Waals surface area (Å²) in [5, 5.41) is 11.0. The number of amides is 1. The molecule has 0 N–H and O–H groups in total. The van der Waals surface area contributed by atoms with Crippen LogP contribution in [-0.4, -0.2) is 25.9 Å². The number of nitro benzene ring substituents is 1. The van der Waals surface area contributed by atoms with Gasteiger partial charge >= 0.3 is 0 Å². The Labute approximate surface area is 191 Å². The van der Waals surface area contributed by atoms with Gasteiger partial charge in [-0.3, -0.25) is 14.9 Å². The van der Waals surface area contributed by atoms with E-state index < -0.39 is 20.9 Å². The zero-order chi connectivity index (χ0) is 24.0. The molecular weight excluding hydrogens is 444 g/mol. The van der Waals surface area contributed by atoms with E-state index in [1.54, 1.807) is 30.3 Å². The second-order valence-electron chi connectivity index (χ2n) is 7.03. The van der Waals surface area contributed by atoms with Gasteiger partial charge in [0, 0.05) is 18.2 Å². The molecule has 33 heavy (non-hydrogen) atoms. The average molecular weight is 467 g/mol. The highest BCUT2D eigenvalue weighted by atomic mass is 32.2. The largest absolute Gasteiger partial charge is 0.494 e. The van der Waals surface area contributed by atoms with Crippen LogP contribution in [0.2, 0.25) is 0 Å². The number of carbonyl (C=O) groups excluding carboxylic acids is 1. The number of anilines is 1. The van der Waals surface area contributed by atoms with Crippen molar-refractivity contribution in [2.75, 3.05) is 10.9 Å². The number of non-ortho nitro benzene ring substituents is 1. The van der Waals surface area contributed by atoms with Gasteiger partial charge in [-0.25, -0.2) is 8.42 Å². The maximum absolute atomic E-state index is 13.4. The fraction of sp³-hybridized carbons (Fsp3) is 0.125. The molecule has 0 spiro atoms. The third-order valence-electron chi connectivity index (χ3n) is 4.64. The molecule has 0 saturated carbocycles. The van der Waals surface area contributed by atoms with Crippen LogP contribution in [-0.2, 0) is 14.8 Å². The van der Waals surface area contributed by atoms with Crippen LogP contribution >= 0.6 is 0 Å². The van der Waals surface area contributed by atoms with E-state index in [-0.39, 0.29) is 16.3 Å². The van der Waals surface area contributed by atoms with Crippen molar-refractivity contribution >= 4 is 33.4 Å². The zero-order valence-corrected chi connectivity index (χ0v) is 18.9. The lowest BCUT2D eigenvalue weighted by atomic mass is 10.2. The summed E-state index contributed by atoms with van der Waals surface area (Å²) < 4.78 is 32.9. The minimum Gasteiger partial charge on any atom is -0.494 e. The normalized spacial score (nSPS) is 11.3. The molecule has 3 aromatic carbocycles. The number of hydrogen-bond donors (Lipinski definition) is 0. The van der Waals surface area contributed by atoms with Crippen LogP contribution in [0.25, 0.3) is 6.08 Å². The Morgan fingerprint density at radius 3 is 2.33 bits per heavy atom. The maximum Gasteiger partial charge on any atom is 0.271 e. The van der Waals surface area contributed by atoms with E-state index in [1.807, 2.05) is 13.8 Å². The van der Waals surface area contributed by atoms with Gasteiger partial charge in [-0.2, -0.15) is 4.31 Å². The molecule has 170 valence electrons. The summed E-state index contributed by atoms with van der Waals surface area (Å²) in [6.45, 7) is 4.09. The number of ether oxygens (including phenoxy) is 1. The predicted molar refractivity (Wildman–Crippen MR) is 126 cm³/mol. The van der Waals surface area contributed by atoms with Gasteiger partial charge in [0.05, 0.1) is 22.1 Å². The van der Waals surface area contributed by atoms with Crippen LogP contribution in [0.15, 0.2) is 83.8 Å². The van der Waals surface area contributed by atoms with Crippen molar-refractivity contribution in [1.29, 1.82) is 0 Å². The van der Waals surface area contributed by atoms with E-state index in [0.717, 1.165) is 11.6 Å². The monoisotopic (exact) mass is 466 g/mol. The zero-order valence-electron chi connectivity index (χ0n) is 18.0. The number of nitrogens with zero attached hydrogens (tertiary/aromatic N) is 2. The minimum absolute atomic E-state index is 0.0425. The SMILES string of the molecule is CCOc1ccc(N(C(=O)/C=C/c2cccc([N+](=O)[O-])c2)S(=O)(=O)c2ccc(C)cc2)cc1. The number of nitro groups is 1. The van der Waals surface area contributed by atoms with Crippen LogP contribution in [0.3, 0.4) is 0 Å². The Morgan fingerprint density at radius 1 is 1.06 bits per heavy atom. The molecule has 0 radical (unpaired) electrons. The first-order valence-electron chi connectivity index (χ1n) is 10.0. The van der Waals surface area contributed by atoms with Gasteiger partial charge in [0.1, 0.15) is 5.75 Å². The van der Waals surface area contributed by atoms with Crippen LogP contribution in [0.4, 0.5) is 11.4 Å². The van der Waals surface area contributed by atoms with Crippen molar-refractivity contribution in [3.8, 4) is 5.75 Å². The molecule has 0 aromatic heterocycles. The first kappa shape index (κ1) is 23.7. The highest BCUT2D eigenvalue weighted by Gasteiger charge is 2.29. The molecule has 1 amide bonds. The van der Waals surface area contributed by atoms with Gasteiger partial charge in [-0.15, -0.1) is 0 Å². The molecule has 0 atom stereocenters. The quantitative estimate of drug-likeness (QED) is 0.270. The molecule has 8 nitrogen and oxygen atoms in total. The minimum atomic E-state index is -4.24. The Morgan fingerprint density at radius 2 is 1.73 bits per heavy atom. The van der Waals surface area contributed by atoms with Crippen molar-refractivity contribution in [3.63, 3.8) is 0 Å². The van der Waals surface area contributed by atoms with Crippen molar-refractivity contribution in [3.05, 3.63) is 100 Å². The molecule has 0 heterocycles. The maximum atomic E-state index is 13.4. The number of hydrogen-bond acceptors (Lipinski definition) is 6. The Balaban J connectivity index is 2.02. The molecule has 0 fully saturated rings. The van der Waals surface area contributed by atoms with Gasteiger partial charge in [-0.05, 0) is 61.9 Å². The van der Waals surface area contributed by atoms with E-state index in [1.165, 1.54) is 48.5 Å². The molecule has 0 bridgehead atoms. The highest BCUT2D eigenvalue weighted by Crippen LogP contribution is 2.27. The predicted octanol–water partition coefficient (Wildman–Crippen LogP) is 4.74. The van der Waals surface area contributed by atoms with E-state index in [4.69, 9.17) is 4.74 Å². The summed E-state index contributed by atoms with van der Waals surface area (Å²) in [6.07, 6.45) is 2.41. The number of carbonyl (C=O) groups is 1. The lowest BCUT2D eigenvalue weighted by molar-refractivity contribution is -0.384. The second kappa shape index (κ2) is 10.1. The molecular formula is C24H22N2O6S. The molecule has 0 saturated heterocycles. The van der Waals surface area contributed by atoms with Crippen LogP contribution in [0.5, 0.6) is 5.75 Å². The van der Waals surface area contributed by atoms with E-state index in [9.17, 15) is 23.3 Å². The van der Waals surface area contributed by atoms with Gasteiger partial charge in [0.15, 0.2) is 0 Å². The number of aryl methyl sites for hydroxylation is 1. The summed E-state index contributed by atoms with van der Waals surface area (Å²) in [7, 11) is -4.24. The van der Waals surface area contributed by atoms with Gasteiger partial charge < -0.3 is 4.74 Å². The third-order valence-corrected chi connectivity index (χ3v) is 6.38. The van der Waals surface area contributed by atoms with Crippen LogP contribution in [0.1, 0.15) is 18.1 Å². The first-order valence-corrected chi connectivity index (χ1v) is 11.5. The van der Waals surface area contributed by atoms with E-state index in [2.05, 4.69) is 0 Å². The topological polar surface area (TPSA) is 107 Å². The Kier molecular flexibility index (Phi) is 7.24. The molecule has 3 aromatic rings. The van der Waals surface area contributed by atoms with Gasteiger partial charge in [0.25, 0.3) is 21.6 Å². The summed E-state index contributed by atoms with van der Waals surface area (Å²) in [4.78, 5) is 23.5. The lowest BCUT2D eigenvalue weighted by Gasteiger charge is -2.22. The Hall–Kier alpha value is -3.98. The fourth-order valence-electron chi connectivity index (χ4n) is 3.02. The summed E-state index contributed by atoms with van der Waals surface area (Å²) in [5.74, 6) is -0.292. The van der Waals surface area contributed by atoms with E-state index >= 15 is 0 Å². The molecule has 0 aliphatic carbocycles. The number of benzene rings is 3. The van der Waals surface area contributed by atoms with Crippen molar-refractivity contribution in [1.82, 2.24) is 0 Å². The third kappa shape index (κ3) is 5.64. The highest BCUT2D eigenvalue weighted by molar-refractivity contribution is 7.93. The lowest BCUT2D eigenvalue weighted by Crippen LogP contribution is -2.35. The molecule has 0 aliphatic rings. The molecule has 3 rings (SSSR count). The van der Waals surface area contributed by atoms with Gasteiger partial charge in [0.2, 0.25) is 0 Å².